The molecule has 0 heterocycles. The van der Waals surface area contributed by atoms with E-state index in [1.54, 1.807) is 4.90 Å². The van der Waals surface area contributed by atoms with E-state index in [9.17, 15) is 4.79 Å². The SMILES string of the molecule is CC1CCCCC1NC(=O)CN(CCO)CCO. The molecule has 3 N–H and O–H groups in total. The van der Waals surface area contributed by atoms with Crippen molar-refractivity contribution in [1.82, 2.24) is 10.2 Å². The molecule has 0 aromatic carbocycles. The molecule has 0 saturated heterocycles. The van der Waals surface area contributed by atoms with Gasteiger partial charge in [-0.05, 0) is 18.8 Å². The minimum absolute atomic E-state index is 0.00403. The Hall–Kier alpha value is -0.650. The van der Waals surface area contributed by atoms with Crippen LogP contribution in [0.25, 0.3) is 0 Å². The fourth-order valence-electron chi connectivity index (χ4n) is 2.54. The summed E-state index contributed by atoms with van der Waals surface area (Å²) in [6, 6.07) is 0.288. The molecule has 5 nitrogen and oxygen atoms in total. The first kappa shape index (κ1) is 15.4. The molecule has 0 aromatic heterocycles. The number of nitrogens with one attached hydrogen (secondary N) is 1. The van der Waals surface area contributed by atoms with E-state index < -0.39 is 0 Å². The zero-order valence-corrected chi connectivity index (χ0v) is 11.3. The van der Waals surface area contributed by atoms with Crippen LogP contribution in [0, 0.1) is 5.92 Å². The van der Waals surface area contributed by atoms with Gasteiger partial charge in [-0.3, -0.25) is 9.69 Å². The van der Waals surface area contributed by atoms with E-state index in [0.717, 1.165) is 6.42 Å². The first-order chi connectivity index (χ1) is 8.67. The Kier molecular flexibility index (Phi) is 7.23. The van der Waals surface area contributed by atoms with Crippen molar-refractivity contribution < 1.29 is 15.0 Å². The van der Waals surface area contributed by atoms with Gasteiger partial charge < -0.3 is 15.5 Å². The number of carbonyl (C=O) groups excluding carboxylic acids is 1. The molecule has 2 unspecified atom stereocenters. The normalized spacial score (nSPS) is 24.2. The lowest BCUT2D eigenvalue weighted by atomic mass is 9.86. The van der Waals surface area contributed by atoms with Gasteiger partial charge in [0.05, 0.1) is 19.8 Å². The van der Waals surface area contributed by atoms with Gasteiger partial charge in [-0.2, -0.15) is 0 Å². The average Bonchev–Trinajstić information content (AvgIpc) is 2.33. The highest BCUT2D eigenvalue weighted by Crippen LogP contribution is 2.23. The van der Waals surface area contributed by atoms with Crippen LogP contribution in [0.3, 0.4) is 0 Å². The minimum atomic E-state index is -0.00403. The van der Waals surface area contributed by atoms with Crippen molar-refractivity contribution in [2.45, 2.75) is 38.6 Å². The number of aliphatic hydroxyl groups is 2. The van der Waals surface area contributed by atoms with Gasteiger partial charge in [-0.1, -0.05) is 19.8 Å². The molecule has 18 heavy (non-hydrogen) atoms. The molecule has 0 aromatic rings. The van der Waals surface area contributed by atoms with Crippen molar-refractivity contribution in [2.75, 3.05) is 32.8 Å². The second-order valence-corrected chi connectivity index (χ2v) is 5.16. The first-order valence-corrected chi connectivity index (χ1v) is 6.90. The average molecular weight is 258 g/mol. The molecule has 2 atom stereocenters. The summed E-state index contributed by atoms with van der Waals surface area (Å²) >= 11 is 0. The van der Waals surface area contributed by atoms with Crippen molar-refractivity contribution in [3.8, 4) is 0 Å². The van der Waals surface area contributed by atoms with Gasteiger partial charge in [0.1, 0.15) is 0 Å². The number of hydrogen-bond acceptors (Lipinski definition) is 4. The van der Waals surface area contributed by atoms with Gasteiger partial charge in [-0.25, -0.2) is 0 Å². The number of amides is 1. The predicted molar refractivity (Wildman–Crippen MR) is 70.2 cm³/mol. The van der Waals surface area contributed by atoms with E-state index in [1.807, 2.05) is 0 Å². The van der Waals surface area contributed by atoms with Crippen molar-refractivity contribution in [3.05, 3.63) is 0 Å². The molecule has 0 bridgehead atoms. The zero-order chi connectivity index (χ0) is 13.4. The van der Waals surface area contributed by atoms with E-state index >= 15 is 0 Å². The summed E-state index contributed by atoms with van der Waals surface area (Å²) in [4.78, 5) is 13.7. The molecule has 1 rings (SSSR count). The molecule has 1 fully saturated rings. The van der Waals surface area contributed by atoms with Crippen LogP contribution in [0.15, 0.2) is 0 Å². The standard InChI is InChI=1S/C13H26N2O3/c1-11-4-2-3-5-12(11)14-13(18)10-15(6-8-16)7-9-17/h11-12,16-17H,2-10H2,1H3,(H,14,18). The molecule has 0 spiro atoms. The Morgan fingerprint density at radius 2 is 1.83 bits per heavy atom. The molecule has 1 amide bonds. The molecular weight excluding hydrogens is 232 g/mol. The van der Waals surface area contributed by atoms with Crippen LogP contribution >= 0.6 is 0 Å². The van der Waals surface area contributed by atoms with Crippen LogP contribution in [-0.4, -0.2) is 59.9 Å². The Bertz CT molecular complexity index is 242. The molecule has 0 radical (unpaired) electrons. The van der Waals surface area contributed by atoms with Crippen LogP contribution in [-0.2, 0) is 4.79 Å². The highest BCUT2D eigenvalue weighted by molar-refractivity contribution is 5.78. The van der Waals surface area contributed by atoms with Crippen molar-refractivity contribution in [1.29, 1.82) is 0 Å². The summed E-state index contributed by atoms with van der Waals surface area (Å²) < 4.78 is 0. The maximum Gasteiger partial charge on any atom is 0.234 e. The summed E-state index contributed by atoms with van der Waals surface area (Å²) in [5.41, 5.74) is 0. The van der Waals surface area contributed by atoms with E-state index in [-0.39, 0.29) is 31.7 Å². The zero-order valence-electron chi connectivity index (χ0n) is 11.3. The summed E-state index contributed by atoms with van der Waals surface area (Å²) in [6.45, 7) is 3.30. The second kappa shape index (κ2) is 8.45. The van der Waals surface area contributed by atoms with E-state index in [1.165, 1.54) is 19.3 Å². The van der Waals surface area contributed by atoms with Crippen LogP contribution in [0.5, 0.6) is 0 Å². The third-order valence-corrected chi connectivity index (χ3v) is 3.66. The van der Waals surface area contributed by atoms with Gasteiger partial charge in [0, 0.05) is 19.1 Å². The maximum atomic E-state index is 11.9. The number of nitrogens with zero attached hydrogens (tertiary/aromatic N) is 1. The second-order valence-electron chi connectivity index (χ2n) is 5.16. The Balaban J connectivity index is 2.34. The highest BCUT2D eigenvalue weighted by atomic mass is 16.3. The molecule has 106 valence electrons. The summed E-state index contributed by atoms with van der Waals surface area (Å²) in [5, 5.41) is 20.8. The molecule has 5 heteroatoms. The topological polar surface area (TPSA) is 72.8 Å². The molecule has 1 aliphatic carbocycles. The quantitative estimate of drug-likeness (QED) is 0.599. The monoisotopic (exact) mass is 258 g/mol. The van der Waals surface area contributed by atoms with Gasteiger partial charge in [0.25, 0.3) is 0 Å². The third kappa shape index (κ3) is 5.33. The molecular formula is C13H26N2O3. The lowest BCUT2D eigenvalue weighted by molar-refractivity contribution is -0.123. The molecule has 0 aliphatic heterocycles. The fraction of sp³-hybridized carbons (Fsp3) is 0.923. The van der Waals surface area contributed by atoms with Crippen molar-refractivity contribution in [3.63, 3.8) is 0 Å². The number of hydrogen-bond donors (Lipinski definition) is 3. The van der Waals surface area contributed by atoms with E-state index in [4.69, 9.17) is 10.2 Å². The smallest absolute Gasteiger partial charge is 0.234 e. The number of carbonyl (C=O) groups is 1. The van der Waals surface area contributed by atoms with E-state index in [2.05, 4.69) is 12.2 Å². The van der Waals surface area contributed by atoms with Crippen molar-refractivity contribution >= 4 is 5.91 Å². The Labute approximate surface area is 109 Å². The third-order valence-electron chi connectivity index (χ3n) is 3.66. The van der Waals surface area contributed by atoms with Crippen LogP contribution in [0.2, 0.25) is 0 Å². The largest absolute Gasteiger partial charge is 0.395 e. The van der Waals surface area contributed by atoms with Crippen LogP contribution in [0.4, 0.5) is 0 Å². The summed E-state index contributed by atoms with van der Waals surface area (Å²) in [5.74, 6) is 0.544. The van der Waals surface area contributed by atoms with Crippen LogP contribution < -0.4 is 5.32 Å². The number of aliphatic hydroxyl groups excluding tert-OH is 2. The van der Waals surface area contributed by atoms with Gasteiger partial charge in [-0.15, -0.1) is 0 Å². The van der Waals surface area contributed by atoms with Gasteiger partial charge in [0.2, 0.25) is 5.91 Å². The Morgan fingerprint density at radius 1 is 1.22 bits per heavy atom. The predicted octanol–water partition coefficient (Wildman–Crippen LogP) is -0.0321. The first-order valence-electron chi connectivity index (χ1n) is 6.90. The summed E-state index contributed by atoms with van der Waals surface area (Å²) in [6.07, 6.45) is 4.69. The Morgan fingerprint density at radius 3 is 2.39 bits per heavy atom. The lowest BCUT2D eigenvalue weighted by Crippen LogP contribution is -2.46. The maximum absolute atomic E-state index is 11.9. The minimum Gasteiger partial charge on any atom is -0.395 e. The van der Waals surface area contributed by atoms with Gasteiger partial charge in [0.15, 0.2) is 0 Å². The lowest BCUT2D eigenvalue weighted by Gasteiger charge is -2.30. The van der Waals surface area contributed by atoms with Gasteiger partial charge >= 0.3 is 0 Å². The number of rotatable bonds is 7. The van der Waals surface area contributed by atoms with Crippen LogP contribution in [0.1, 0.15) is 32.6 Å². The van der Waals surface area contributed by atoms with Crippen molar-refractivity contribution in [2.24, 2.45) is 5.92 Å². The highest BCUT2D eigenvalue weighted by Gasteiger charge is 2.23. The van der Waals surface area contributed by atoms with E-state index in [0.29, 0.717) is 19.0 Å². The molecule has 1 aliphatic rings. The molecule has 1 saturated carbocycles. The summed E-state index contributed by atoms with van der Waals surface area (Å²) in [7, 11) is 0. The fourth-order valence-corrected chi connectivity index (χ4v) is 2.54.